The summed E-state index contributed by atoms with van der Waals surface area (Å²) in [5.41, 5.74) is 1.25. The Morgan fingerprint density at radius 3 is 2.61 bits per heavy atom. The molecule has 7 rings (SSSR count). The number of thiazole rings is 1. The van der Waals surface area contributed by atoms with Crippen LogP contribution in [0.3, 0.4) is 0 Å². The lowest BCUT2D eigenvalue weighted by atomic mass is 9.45. The number of ether oxygens (including phenoxy) is 1. The number of carbonyl (C=O) groups excluding carboxylic acids is 3. The summed E-state index contributed by atoms with van der Waals surface area (Å²) in [6, 6.07) is 15.2. The molecule has 230 valence electrons. The van der Waals surface area contributed by atoms with Crippen LogP contribution in [-0.2, 0) is 14.3 Å². The van der Waals surface area contributed by atoms with E-state index in [1.165, 1.54) is 17.3 Å². The number of aliphatic hydroxyl groups is 1. The van der Waals surface area contributed by atoms with Crippen molar-refractivity contribution in [3.63, 3.8) is 0 Å². The van der Waals surface area contributed by atoms with Gasteiger partial charge in [0.1, 0.15) is 0 Å². The summed E-state index contributed by atoms with van der Waals surface area (Å²) in [4.78, 5) is 45.4. The highest BCUT2D eigenvalue weighted by Crippen LogP contribution is 2.68. The van der Waals surface area contributed by atoms with Crippen molar-refractivity contribution >= 4 is 50.9 Å². The highest BCUT2D eigenvalue weighted by atomic mass is 32.2. The van der Waals surface area contributed by atoms with Gasteiger partial charge in [-0.25, -0.2) is 9.78 Å². The Balaban J connectivity index is 1.23. The summed E-state index contributed by atoms with van der Waals surface area (Å²) >= 11 is 2.97. The normalized spacial score (nSPS) is 34.5. The second-order valence-electron chi connectivity index (χ2n) is 13.9. The number of aliphatic hydroxyl groups excluding tert-OH is 1. The van der Waals surface area contributed by atoms with Crippen LogP contribution < -0.4 is 0 Å². The molecule has 6 nitrogen and oxygen atoms in total. The van der Waals surface area contributed by atoms with E-state index >= 15 is 0 Å². The number of Topliss-reactive ketones (excluding diaryl/α,β-unsaturated/α-hetero) is 1. The maximum atomic E-state index is 14.6. The van der Waals surface area contributed by atoms with Gasteiger partial charge in [0, 0.05) is 11.8 Å². The number of aromatic nitrogens is 1. The van der Waals surface area contributed by atoms with Crippen LogP contribution in [-0.4, -0.2) is 45.1 Å². The summed E-state index contributed by atoms with van der Waals surface area (Å²) in [5.74, 6) is 0.0463. The predicted octanol–water partition coefficient (Wildman–Crippen LogP) is 7.36. The second kappa shape index (κ2) is 10.9. The van der Waals surface area contributed by atoms with E-state index in [1.54, 1.807) is 23.5 Å². The molecule has 3 aromatic rings. The molecule has 0 radical (unpaired) electrons. The van der Waals surface area contributed by atoms with Crippen molar-refractivity contribution in [1.29, 1.82) is 0 Å². The fraction of sp³-hybridized carbons (Fsp3) is 0.500. The number of benzene rings is 2. The molecule has 0 aliphatic heterocycles. The number of nitrogens with zero attached hydrogens (tertiary/aromatic N) is 1. The zero-order valence-corrected chi connectivity index (χ0v) is 27.1. The van der Waals surface area contributed by atoms with Crippen molar-refractivity contribution in [2.75, 3.05) is 5.75 Å². The largest absolute Gasteiger partial charge is 0.447 e. The first-order valence-electron chi connectivity index (χ1n) is 15.8. The molecule has 1 N–H and O–H groups in total. The fourth-order valence-electron chi connectivity index (χ4n) is 9.42. The first-order chi connectivity index (χ1) is 21.0. The van der Waals surface area contributed by atoms with Crippen LogP contribution in [0.1, 0.15) is 74.7 Å². The molecule has 8 heteroatoms. The van der Waals surface area contributed by atoms with Gasteiger partial charge in [0.2, 0.25) is 0 Å². The smallest absolute Gasteiger partial charge is 0.339 e. The van der Waals surface area contributed by atoms with Gasteiger partial charge in [-0.05, 0) is 99.0 Å². The van der Waals surface area contributed by atoms with E-state index in [2.05, 4.69) is 13.8 Å². The Hall–Kier alpha value is -2.81. The molecule has 4 aliphatic rings. The van der Waals surface area contributed by atoms with Gasteiger partial charge in [0.25, 0.3) is 0 Å². The van der Waals surface area contributed by atoms with Crippen LogP contribution in [0.15, 0.2) is 64.5 Å². The van der Waals surface area contributed by atoms with E-state index in [4.69, 9.17) is 9.72 Å². The lowest BCUT2D eigenvalue weighted by Crippen LogP contribution is -2.63. The molecule has 4 aliphatic carbocycles. The molecule has 0 saturated heterocycles. The Kier molecular flexibility index (Phi) is 7.41. The fourth-order valence-corrected chi connectivity index (χ4v) is 11.5. The van der Waals surface area contributed by atoms with Crippen LogP contribution in [0.2, 0.25) is 0 Å². The molecule has 2 aromatic carbocycles. The molecule has 44 heavy (non-hydrogen) atoms. The lowest BCUT2D eigenvalue weighted by Gasteiger charge is -2.60. The van der Waals surface area contributed by atoms with Crippen molar-refractivity contribution in [2.24, 2.45) is 28.6 Å². The van der Waals surface area contributed by atoms with Gasteiger partial charge in [-0.3, -0.25) is 9.59 Å². The average molecular weight is 630 g/mol. The highest BCUT2D eigenvalue weighted by Gasteiger charge is 2.70. The van der Waals surface area contributed by atoms with Crippen molar-refractivity contribution in [3.8, 4) is 0 Å². The SMILES string of the molecule is Cc1ccc(C(=O)O[C@]2(C(=O)CSc3nc4ccccc4s3)CCC3C4CCC5=CC(=O)CCC5(C)C4C(O)CC32C)cc1. The number of hydrogen-bond donors (Lipinski definition) is 1. The van der Waals surface area contributed by atoms with Gasteiger partial charge in [-0.2, -0.15) is 0 Å². The third kappa shape index (κ3) is 4.62. The Labute approximate surface area is 266 Å². The van der Waals surface area contributed by atoms with Crippen molar-refractivity contribution in [2.45, 2.75) is 81.8 Å². The van der Waals surface area contributed by atoms with Crippen molar-refractivity contribution < 1.29 is 24.2 Å². The first kappa shape index (κ1) is 29.9. The summed E-state index contributed by atoms with van der Waals surface area (Å²) < 4.78 is 8.38. The molecular weight excluding hydrogens is 591 g/mol. The van der Waals surface area contributed by atoms with Crippen LogP contribution in [0.25, 0.3) is 10.2 Å². The van der Waals surface area contributed by atoms with Crippen LogP contribution >= 0.6 is 23.1 Å². The zero-order valence-electron chi connectivity index (χ0n) is 25.5. The zero-order chi connectivity index (χ0) is 30.9. The topological polar surface area (TPSA) is 93.6 Å². The highest BCUT2D eigenvalue weighted by molar-refractivity contribution is 8.01. The summed E-state index contributed by atoms with van der Waals surface area (Å²) in [7, 11) is 0. The van der Waals surface area contributed by atoms with Gasteiger partial charge in [0.15, 0.2) is 21.5 Å². The number of esters is 1. The average Bonchev–Trinajstić information content (AvgIpc) is 3.55. The van der Waals surface area contributed by atoms with Gasteiger partial charge in [0.05, 0.1) is 27.6 Å². The number of thioether (sulfide) groups is 1. The van der Waals surface area contributed by atoms with E-state index in [0.29, 0.717) is 24.8 Å². The molecule has 1 aromatic heterocycles. The van der Waals surface area contributed by atoms with Gasteiger partial charge < -0.3 is 9.84 Å². The van der Waals surface area contributed by atoms with E-state index in [9.17, 15) is 19.5 Å². The number of allylic oxidation sites excluding steroid dienone is 1. The van der Waals surface area contributed by atoms with Crippen LogP contribution in [0.5, 0.6) is 0 Å². The molecular formula is C36H39NO5S2. The number of ketones is 2. The van der Waals surface area contributed by atoms with Crippen molar-refractivity contribution in [3.05, 3.63) is 71.3 Å². The van der Waals surface area contributed by atoms with Crippen LogP contribution in [0.4, 0.5) is 0 Å². The number of aryl methyl sites for hydroxylation is 1. The Morgan fingerprint density at radius 1 is 1.07 bits per heavy atom. The summed E-state index contributed by atoms with van der Waals surface area (Å²) in [5, 5.41) is 12.0. The number of rotatable bonds is 6. The van der Waals surface area contributed by atoms with E-state index in [0.717, 1.165) is 45.8 Å². The maximum Gasteiger partial charge on any atom is 0.339 e. The monoisotopic (exact) mass is 629 g/mol. The molecule has 3 saturated carbocycles. The molecule has 6 unspecified atom stereocenters. The van der Waals surface area contributed by atoms with Gasteiger partial charge in [-0.1, -0.05) is 61.0 Å². The molecule has 7 atom stereocenters. The third-order valence-corrected chi connectivity index (χ3v) is 13.8. The number of carbonyl (C=O) groups is 3. The third-order valence-electron chi connectivity index (χ3n) is 11.6. The predicted molar refractivity (Wildman–Crippen MR) is 173 cm³/mol. The molecule has 0 spiro atoms. The summed E-state index contributed by atoms with van der Waals surface area (Å²) in [6.07, 6.45) is 5.73. The number of para-hydroxylation sites is 1. The van der Waals surface area contributed by atoms with Gasteiger partial charge >= 0.3 is 5.97 Å². The Morgan fingerprint density at radius 2 is 1.84 bits per heavy atom. The minimum atomic E-state index is -1.35. The standard InChI is InChI=1S/C36H39NO5S2/c1-21-8-10-22(11-9-21)32(41)42-36(30(40)20-43-33-37-27-6-4-5-7-29(27)44-33)17-15-26-25-13-12-23-18-24(38)14-16-34(23,2)31(25)28(39)19-35(26,36)3/h4-11,18,25-26,28,31,39H,12-17,19-20H2,1-3H3/t25?,26?,28?,31?,34?,35?,36-/m0/s1. The number of hydrogen-bond acceptors (Lipinski definition) is 8. The molecule has 0 amide bonds. The summed E-state index contributed by atoms with van der Waals surface area (Å²) in [6.45, 7) is 6.29. The van der Waals surface area contributed by atoms with Crippen molar-refractivity contribution in [1.82, 2.24) is 4.98 Å². The van der Waals surface area contributed by atoms with Gasteiger partial charge in [-0.15, -0.1) is 11.3 Å². The minimum Gasteiger partial charge on any atom is -0.447 e. The van der Waals surface area contributed by atoms with E-state index < -0.39 is 23.1 Å². The van der Waals surface area contributed by atoms with E-state index in [-0.39, 0.29) is 40.5 Å². The maximum absolute atomic E-state index is 14.6. The molecule has 0 bridgehead atoms. The molecule has 3 fully saturated rings. The second-order valence-corrected chi connectivity index (χ2v) is 16.1. The Bertz CT molecular complexity index is 1650. The van der Waals surface area contributed by atoms with E-state index in [1.807, 2.05) is 49.4 Å². The lowest BCUT2D eigenvalue weighted by molar-refractivity contribution is -0.180. The first-order valence-corrected chi connectivity index (χ1v) is 17.6. The quantitative estimate of drug-likeness (QED) is 0.225. The van der Waals surface area contributed by atoms with Crippen LogP contribution in [0, 0.1) is 35.5 Å². The minimum absolute atomic E-state index is 0.0181. The molecule has 1 heterocycles. The number of fused-ring (bicyclic) bond motifs is 6.